The summed E-state index contributed by atoms with van der Waals surface area (Å²) in [5, 5.41) is 206. The lowest BCUT2D eigenvalue weighted by Crippen LogP contribution is -2.65. The second kappa shape index (κ2) is 27.6. The van der Waals surface area contributed by atoms with E-state index in [0.717, 1.165) is 18.4 Å². The summed E-state index contributed by atoms with van der Waals surface area (Å²) in [5.74, 6) is -0.915. The third-order valence-corrected chi connectivity index (χ3v) is 23.4. The molecule has 35 atom stereocenters. The summed E-state index contributed by atoms with van der Waals surface area (Å²) >= 11 is 0. The quantitative estimate of drug-likeness (QED) is 0.0509. The van der Waals surface area contributed by atoms with Gasteiger partial charge in [-0.25, -0.2) is 0 Å². The Morgan fingerprint density at radius 1 is 0.551 bits per heavy atom. The monoisotopic (exact) mass is 1280 g/mol. The van der Waals surface area contributed by atoms with Crippen LogP contribution in [-0.4, -0.2) is 301 Å². The minimum atomic E-state index is -1.88. The van der Waals surface area contributed by atoms with Crippen LogP contribution in [0.5, 0.6) is 0 Å². The van der Waals surface area contributed by atoms with Gasteiger partial charge in [-0.1, -0.05) is 53.2 Å². The number of aliphatic hydroxyl groups excluding tert-OH is 18. The zero-order valence-electron chi connectivity index (χ0n) is 52.1. The fourth-order valence-corrected chi connectivity index (χ4v) is 17.5. The molecule has 0 aromatic carbocycles. The molecule has 4 heterocycles. The maximum Gasteiger partial charge on any atom is 0.187 e. The van der Waals surface area contributed by atoms with Crippen molar-refractivity contribution in [2.24, 2.45) is 51.2 Å². The summed E-state index contributed by atoms with van der Waals surface area (Å²) in [7, 11) is 0. The molecule has 89 heavy (non-hydrogen) atoms. The topological polar surface area (TPSA) is 467 Å². The van der Waals surface area contributed by atoms with Crippen LogP contribution in [0.1, 0.15) is 113 Å². The van der Waals surface area contributed by atoms with E-state index in [1.165, 1.54) is 13.8 Å². The van der Waals surface area contributed by atoms with Gasteiger partial charge < -0.3 is 140 Å². The first kappa shape index (κ1) is 71.9. The van der Waals surface area contributed by atoms with Crippen LogP contribution >= 0.6 is 0 Å². The van der Waals surface area contributed by atoms with Gasteiger partial charge in [-0.2, -0.15) is 0 Å². The Balaban J connectivity index is 0.883. The fourth-order valence-electron chi connectivity index (χ4n) is 17.5. The summed E-state index contributed by atoms with van der Waals surface area (Å²) in [6, 6.07) is 0. The molecule has 0 aromatic heterocycles. The van der Waals surface area contributed by atoms with Gasteiger partial charge in [0.2, 0.25) is 0 Å². The Morgan fingerprint density at radius 3 is 1.60 bits per heavy atom. The maximum atomic E-state index is 12.8. The Kier molecular flexibility index (Phi) is 22.3. The van der Waals surface area contributed by atoms with E-state index in [-0.39, 0.29) is 47.3 Å². The lowest BCUT2D eigenvalue weighted by Gasteiger charge is -2.67. The Morgan fingerprint density at radius 2 is 1.06 bits per heavy atom. The van der Waals surface area contributed by atoms with Crippen molar-refractivity contribution in [1.29, 1.82) is 0 Å². The number of hydrogen-bond acceptors (Lipinski definition) is 28. The van der Waals surface area contributed by atoms with E-state index in [2.05, 4.69) is 33.8 Å². The zero-order chi connectivity index (χ0) is 65.5. The van der Waals surface area contributed by atoms with Gasteiger partial charge in [0.15, 0.2) is 25.2 Å². The summed E-state index contributed by atoms with van der Waals surface area (Å²) < 4.78 is 54.1. The predicted octanol–water partition coefficient (Wildman–Crippen LogP) is -4.74. The molecule has 5 aliphatic carbocycles. The minimum absolute atomic E-state index is 0.0175. The highest BCUT2D eigenvalue weighted by Gasteiger charge is 2.70. The van der Waals surface area contributed by atoms with Crippen molar-refractivity contribution in [3.8, 4) is 0 Å². The van der Waals surface area contributed by atoms with Crippen LogP contribution in [0, 0.1) is 51.2 Å². The molecule has 4 aliphatic heterocycles. The van der Waals surface area contributed by atoms with Crippen molar-refractivity contribution in [2.45, 2.75) is 284 Å². The van der Waals surface area contributed by atoms with Crippen molar-refractivity contribution >= 4 is 0 Å². The van der Waals surface area contributed by atoms with Gasteiger partial charge in [0.25, 0.3) is 0 Å². The van der Waals surface area contributed by atoms with E-state index in [4.69, 9.17) is 42.6 Å². The van der Waals surface area contributed by atoms with E-state index in [1.807, 2.05) is 13.8 Å². The fraction of sp³-hybridized carbons (Fsp3) is 0.967. The number of allylic oxidation sites excluding steroid dienone is 1. The lowest BCUT2D eigenvalue weighted by molar-refractivity contribution is -0.354. The molecule has 0 aromatic rings. The molecule has 19 N–H and O–H groups in total. The lowest BCUT2D eigenvalue weighted by atomic mass is 9.38. The molecule has 0 spiro atoms. The smallest absolute Gasteiger partial charge is 0.187 e. The SMILES string of the molecule is CC(CCC(O[C@H]1OC(CO[C@H]2OC(CO)[C@H](O)C(O)[C@H]2O)[C@H](O)C(O)[C@H]1O[C@H]1CC(CO)[C@H](O)C(O)[C@H]1O)C(C)(C)O)[C@@H]1CC[C@@]2(C)C3CC=C4C(CCC(O[C@@H]5OC(CO[C@@H]6OC(CO)[C@@H](O)[C@@H](O)C6O)[C@@H](O)[C@@H](O)C5O)C4(C)C)[C@@]3(C)[C@H](O)CC12C. The van der Waals surface area contributed by atoms with Crippen molar-refractivity contribution in [3.05, 3.63) is 11.6 Å². The molecule has 516 valence electrons. The van der Waals surface area contributed by atoms with Gasteiger partial charge >= 0.3 is 0 Å². The van der Waals surface area contributed by atoms with Gasteiger partial charge in [-0.3, -0.25) is 0 Å². The highest BCUT2D eigenvalue weighted by molar-refractivity contribution is 5.32. The molecular formula is C61H104O28. The van der Waals surface area contributed by atoms with Crippen LogP contribution in [0.15, 0.2) is 11.6 Å². The molecule has 4 saturated carbocycles. The van der Waals surface area contributed by atoms with E-state index in [9.17, 15) is 97.0 Å². The van der Waals surface area contributed by atoms with E-state index in [0.29, 0.717) is 32.1 Å². The summed E-state index contributed by atoms with van der Waals surface area (Å²) in [6.07, 6.45) is -34.4. The Hall–Kier alpha value is -1.38. The van der Waals surface area contributed by atoms with Gasteiger partial charge in [0.05, 0.1) is 62.5 Å². The van der Waals surface area contributed by atoms with Crippen LogP contribution in [-0.2, 0) is 42.6 Å². The molecule has 9 aliphatic rings. The highest BCUT2D eigenvalue weighted by Crippen LogP contribution is 2.75. The number of fused-ring (bicyclic) bond motifs is 5. The molecular weight excluding hydrogens is 1180 g/mol. The zero-order valence-corrected chi connectivity index (χ0v) is 52.1. The van der Waals surface area contributed by atoms with Crippen LogP contribution in [0.2, 0.25) is 0 Å². The van der Waals surface area contributed by atoms with Crippen molar-refractivity contribution in [1.82, 2.24) is 0 Å². The van der Waals surface area contributed by atoms with Gasteiger partial charge in [-0.05, 0) is 106 Å². The summed E-state index contributed by atoms with van der Waals surface area (Å²) in [4.78, 5) is 0. The summed E-state index contributed by atoms with van der Waals surface area (Å²) in [6.45, 7) is 13.0. The summed E-state index contributed by atoms with van der Waals surface area (Å²) in [5.41, 5.74) is -2.41. The molecule has 28 nitrogen and oxygen atoms in total. The number of rotatable bonds is 20. The van der Waals surface area contributed by atoms with E-state index in [1.54, 1.807) is 0 Å². The van der Waals surface area contributed by atoms with E-state index >= 15 is 0 Å². The average molecular weight is 1290 g/mol. The molecule has 16 unspecified atom stereocenters. The highest BCUT2D eigenvalue weighted by atomic mass is 16.8. The Labute approximate surface area is 518 Å². The van der Waals surface area contributed by atoms with E-state index < -0.39 is 221 Å². The molecule has 0 amide bonds. The first-order chi connectivity index (χ1) is 41.6. The molecule has 0 radical (unpaired) electrons. The predicted molar refractivity (Wildman–Crippen MR) is 303 cm³/mol. The number of ether oxygens (including phenoxy) is 9. The van der Waals surface area contributed by atoms with Crippen LogP contribution in [0.3, 0.4) is 0 Å². The van der Waals surface area contributed by atoms with Crippen LogP contribution in [0.25, 0.3) is 0 Å². The second-order valence-electron chi connectivity index (χ2n) is 29.2. The van der Waals surface area contributed by atoms with Gasteiger partial charge in [0, 0.05) is 23.4 Å². The van der Waals surface area contributed by atoms with Crippen molar-refractivity contribution in [3.63, 3.8) is 0 Å². The average Bonchev–Trinajstić information content (AvgIpc) is 1.66. The molecule has 8 fully saturated rings. The van der Waals surface area contributed by atoms with Crippen molar-refractivity contribution in [2.75, 3.05) is 33.0 Å². The van der Waals surface area contributed by atoms with Gasteiger partial charge in [-0.15, -0.1) is 0 Å². The normalized spacial score (nSPS) is 51.8. The molecule has 28 heteroatoms. The maximum absolute atomic E-state index is 12.8. The number of aliphatic hydroxyl groups is 19. The third kappa shape index (κ3) is 13.1. The Bertz CT molecular complexity index is 2340. The number of hydrogen-bond donors (Lipinski definition) is 19. The van der Waals surface area contributed by atoms with Crippen LogP contribution < -0.4 is 0 Å². The first-order valence-electron chi connectivity index (χ1n) is 31.9. The first-order valence-corrected chi connectivity index (χ1v) is 31.9. The molecule has 0 bridgehead atoms. The van der Waals surface area contributed by atoms with Gasteiger partial charge in [0.1, 0.15) is 110 Å². The largest absolute Gasteiger partial charge is 0.396 e. The minimum Gasteiger partial charge on any atom is -0.396 e. The standard InChI is InChI=1S/C61H104O28/c1-24(9-13-37(58(4,5)80)89-56-52(83-29-17-25(19-62)38(66)44(72)39(29)67)48(76)43(71)33(87-56)23-82-54-50(78)46(74)41(69)31(21-64)85-54)26-15-16-59(6)34-12-10-27-28(61(34,8)35(65)18-60(26,59)7)11-14-36(57(27,2)3)88-55-51(79)47(75)42(70)32(86-55)22-81-53-49(77)45(73)40(68)30(20-63)84-53/h10,24-26,28-56,62-80H,9,11-23H2,1-8H3/t24?,25?,26-,28?,29-,30?,31?,32?,33?,34?,35+,36?,37?,38-,39-,40+,41-,42+,43-,44?,45+,46?,47+,48?,49?,50+,51?,52+,53+,54-,55-,56+,59-,60?,61+/m0/s1. The molecule has 9 rings (SSSR count). The third-order valence-electron chi connectivity index (χ3n) is 23.4. The van der Waals surface area contributed by atoms with Crippen molar-refractivity contribution < 1.29 is 140 Å². The van der Waals surface area contributed by atoms with Crippen LogP contribution in [0.4, 0.5) is 0 Å². The molecule has 4 saturated heterocycles. The second-order valence-corrected chi connectivity index (χ2v) is 29.2.